The zero-order valence-electron chi connectivity index (χ0n) is 20.9. The molecule has 6 rings (SSSR count). The number of likely N-dealkylation sites (tertiary alicyclic amines) is 1. The van der Waals surface area contributed by atoms with Crippen molar-refractivity contribution in [3.8, 4) is 0 Å². The summed E-state index contributed by atoms with van der Waals surface area (Å²) in [6.45, 7) is 5.72. The number of aromatic nitrogens is 1. The lowest BCUT2D eigenvalue weighted by molar-refractivity contribution is -0.118. The zero-order chi connectivity index (χ0) is 24.9. The number of rotatable bonds is 5. The van der Waals surface area contributed by atoms with Crippen molar-refractivity contribution in [3.05, 3.63) is 35.0 Å². The maximum absolute atomic E-state index is 12.9. The molecule has 4 fully saturated rings. The Hall–Kier alpha value is -1.77. The van der Waals surface area contributed by atoms with Crippen LogP contribution in [0, 0.1) is 11.8 Å². The van der Waals surface area contributed by atoms with Crippen LogP contribution in [0.25, 0.3) is 10.8 Å². The highest BCUT2D eigenvalue weighted by molar-refractivity contribution is 6.32. The molecule has 4 heterocycles. The van der Waals surface area contributed by atoms with Crippen molar-refractivity contribution >= 4 is 34.1 Å². The molecule has 194 valence electrons. The Bertz CT molecular complexity index is 1130. The Kier molecular flexibility index (Phi) is 6.71. The Balaban J connectivity index is 1.13. The number of halogens is 1. The largest absolute Gasteiger partial charge is 0.389 e. The van der Waals surface area contributed by atoms with E-state index in [0.717, 1.165) is 73.2 Å². The summed E-state index contributed by atoms with van der Waals surface area (Å²) in [5.74, 6) is 1.38. The van der Waals surface area contributed by atoms with E-state index in [2.05, 4.69) is 28.2 Å². The van der Waals surface area contributed by atoms with Crippen molar-refractivity contribution in [2.45, 2.75) is 69.1 Å². The molecule has 8 heteroatoms. The van der Waals surface area contributed by atoms with Crippen molar-refractivity contribution in [1.82, 2.24) is 9.88 Å². The minimum Gasteiger partial charge on any atom is -0.389 e. The number of amides is 1. The van der Waals surface area contributed by atoms with E-state index in [1.807, 2.05) is 12.1 Å². The number of carbonyl (C=O) groups is 1. The van der Waals surface area contributed by atoms with Gasteiger partial charge in [0.2, 0.25) is 5.91 Å². The van der Waals surface area contributed by atoms with Gasteiger partial charge >= 0.3 is 0 Å². The van der Waals surface area contributed by atoms with E-state index in [-0.39, 0.29) is 23.5 Å². The number of carbonyl (C=O) groups excluding carboxylic acids is 1. The molecule has 1 amide bonds. The van der Waals surface area contributed by atoms with Crippen LogP contribution < -0.4 is 5.32 Å². The van der Waals surface area contributed by atoms with Gasteiger partial charge in [0.25, 0.3) is 0 Å². The monoisotopic (exact) mass is 513 g/mol. The molecule has 1 aromatic carbocycles. The number of benzene rings is 1. The molecule has 0 radical (unpaired) electrons. The number of anilines is 1. The lowest BCUT2D eigenvalue weighted by Gasteiger charge is -2.43. The highest BCUT2D eigenvalue weighted by Crippen LogP contribution is 2.45. The number of pyridine rings is 1. The first-order valence-electron chi connectivity index (χ1n) is 13.4. The number of ether oxygens (including phenoxy) is 2. The van der Waals surface area contributed by atoms with Crippen molar-refractivity contribution in [3.63, 3.8) is 0 Å². The predicted molar refractivity (Wildman–Crippen MR) is 139 cm³/mol. The summed E-state index contributed by atoms with van der Waals surface area (Å²) in [7, 11) is 0. The highest BCUT2D eigenvalue weighted by Gasteiger charge is 2.48. The molecule has 7 nitrogen and oxygen atoms in total. The second-order valence-electron chi connectivity index (χ2n) is 11.3. The van der Waals surface area contributed by atoms with Gasteiger partial charge in [-0.2, -0.15) is 0 Å². The van der Waals surface area contributed by atoms with Crippen molar-refractivity contribution in [2.24, 2.45) is 11.8 Å². The minimum absolute atomic E-state index is 0.0298. The van der Waals surface area contributed by atoms with Gasteiger partial charge in [-0.3, -0.25) is 9.69 Å². The van der Waals surface area contributed by atoms with Crippen LogP contribution in [-0.2, 0) is 14.3 Å². The van der Waals surface area contributed by atoms with Gasteiger partial charge in [-0.1, -0.05) is 11.6 Å². The molecule has 1 unspecified atom stereocenters. The molecule has 2 N–H and O–H groups in total. The fourth-order valence-electron chi connectivity index (χ4n) is 6.47. The first-order valence-corrected chi connectivity index (χ1v) is 13.8. The fourth-order valence-corrected chi connectivity index (χ4v) is 6.80. The maximum atomic E-state index is 12.9. The van der Waals surface area contributed by atoms with Crippen molar-refractivity contribution in [2.75, 3.05) is 38.2 Å². The van der Waals surface area contributed by atoms with Gasteiger partial charge in [0.15, 0.2) is 0 Å². The van der Waals surface area contributed by atoms with Gasteiger partial charge in [0, 0.05) is 29.1 Å². The second kappa shape index (κ2) is 9.84. The molecule has 0 spiro atoms. The molecular formula is C28H36ClN3O4. The van der Waals surface area contributed by atoms with E-state index >= 15 is 0 Å². The lowest BCUT2D eigenvalue weighted by atomic mass is 9.85. The summed E-state index contributed by atoms with van der Waals surface area (Å²) in [5.41, 5.74) is 0.845. The highest BCUT2D eigenvalue weighted by atomic mass is 35.5. The summed E-state index contributed by atoms with van der Waals surface area (Å²) < 4.78 is 11.4. The third-order valence-electron chi connectivity index (χ3n) is 9.00. The molecule has 1 aliphatic carbocycles. The zero-order valence-corrected chi connectivity index (χ0v) is 21.7. The second-order valence-corrected chi connectivity index (χ2v) is 11.7. The van der Waals surface area contributed by atoms with Crippen LogP contribution >= 0.6 is 11.6 Å². The van der Waals surface area contributed by atoms with Crippen LogP contribution in [0.4, 0.5) is 5.82 Å². The van der Waals surface area contributed by atoms with Crippen molar-refractivity contribution in [1.29, 1.82) is 0 Å². The molecule has 5 atom stereocenters. The summed E-state index contributed by atoms with van der Waals surface area (Å²) in [6, 6.07) is 6.12. The molecular weight excluding hydrogens is 478 g/mol. The summed E-state index contributed by atoms with van der Waals surface area (Å²) in [4.78, 5) is 19.7. The molecule has 1 saturated carbocycles. The molecule has 3 saturated heterocycles. The summed E-state index contributed by atoms with van der Waals surface area (Å²) in [5, 5.41) is 16.2. The molecule has 2 aromatic rings. The van der Waals surface area contributed by atoms with E-state index in [1.165, 1.54) is 6.42 Å². The first kappa shape index (κ1) is 24.6. The molecule has 4 aliphatic rings. The van der Waals surface area contributed by atoms with Gasteiger partial charge < -0.3 is 19.9 Å². The van der Waals surface area contributed by atoms with Gasteiger partial charge in [-0.15, -0.1) is 0 Å². The van der Waals surface area contributed by atoms with E-state index in [4.69, 9.17) is 21.1 Å². The Morgan fingerprint density at radius 3 is 2.75 bits per heavy atom. The van der Waals surface area contributed by atoms with Crippen LogP contribution in [0.2, 0.25) is 5.02 Å². The number of piperidine rings is 1. The predicted octanol–water partition coefficient (Wildman–Crippen LogP) is 4.36. The van der Waals surface area contributed by atoms with Gasteiger partial charge in [0.1, 0.15) is 5.82 Å². The normalized spacial score (nSPS) is 33.6. The Labute approximate surface area is 217 Å². The van der Waals surface area contributed by atoms with Gasteiger partial charge in [-0.05, 0) is 99.5 Å². The van der Waals surface area contributed by atoms with Crippen LogP contribution in [0.15, 0.2) is 24.4 Å². The Morgan fingerprint density at radius 2 is 2.03 bits per heavy atom. The number of nitrogens with one attached hydrogen (secondary N) is 1. The van der Waals surface area contributed by atoms with Crippen LogP contribution in [0.1, 0.15) is 56.9 Å². The SMILES string of the molecule is C[C@]1(N2CCC(c3cc4cc(NC(=O)[C@@H]5C[C@H]5C5CCCCO5)ncc4cc3Cl)CC2)COC[C@H]1O. The van der Waals surface area contributed by atoms with E-state index in [9.17, 15) is 9.90 Å². The lowest BCUT2D eigenvalue weighted by Crippen LogP contribution is -2.56. The minimum atomic E-state index is -0.444. The van der Waals surface area contributed by atoms with Crippen LogP contribution in [0.3, 0.4) is 0 Å². The smallest absolute Gasteiger partial charge is 0.229 e. The number of fused-ring (bicyclic) bond motifs is 1. The summed E-state index contributed by atoms with van der Waals surface area (Å²) >= 11 is 6.73. The topological polar surface area (TPSA) is 83.9 Å². The average Bonchev–Trinajstić information content (AvgIpc) is 3.63. The molecule has 3 aliphatic heterocycles. The van der Waals surface area contributed by atoms with Crippen LogP contribution in [-0.4, -0.2) is 71.6 Å². The number of aliphatic hydroxyl groups excluding tert-OH is 1. The third-order valence-corrected chi connectivity index (χ3v) is 9.33. The van der Waals surface area contributed by atoms with E-state index in [1.54, 1.807) is 6.20 Å². The quantitative estimate of drug-likeness (QED) is 0.618. The number of hydrogen-bond donors (Lipinski definition) is 2. The standard InChI is InChI=1S/C28H36ClN3O4/c1-28(16-35-15-25(28)33)32-7-5-17(6-8-32)20-10-18-12-26(30-14-19(18)11-23(20)29)31-27(34)22-13-21(22)24-4-2-3-9-36-24/h10-12,14,17,21-22,24-25,33H,2-9,13,15-16H2,1H3,(H,30,31,34)/t21-,22-,24?,25-,28+/m1/s1. The Morgan fingerprint density at radius 1 is 1.19 bits per heavy atom. The first-order chi connectivity index (χ1) is 17.4. The molecule has 36 heavy (non-hydrogen) atoms. The van der Waals surface area contributed by atoms with E-state index < -0.39 is 6.10 Å². The number of hydrogen-bond acceptors (Lipinski definition) is 6. The van der Waals surface area contributed by atoms with Gasteiger partial charge in [0.05, 0.1) is 31.0 Å². The number of nitrogens with zero attached hydrogens (tertiary/aromatic N) is 2. The molecule has 1 aromatic heterocycles. The fraction of sp³-hybridized carbons (Fsp3) is 0.643. The number of aliphatic hydroxyl groups is 1. The molecule has 0 bridgehead atoms. The van der Waals surface area contributed by atoms with Crippen molar-refractivity contribution < 1.29 is 19.4 Å². The average molecular weight is 514 g/mol. The van der Waals surface area contributed by atoms with E-state index in [0.29, 0.717) is 30.9 Å². The van der Waals surface area contributed by atoms with Gasteiger partial charge in [-0.25, -0.2) is 4.98 Å². The maximum Gasteiger partial charge on any atom is 0.229 e. The van der Waals surface area contributed by atoms with Crippen LogP contribution in [0.5, 0.6) is 0 Å². The summed E-state index contributed by atoms with van der Waals surface area (Å²) in [6.07, 6.45) is 7.85. The third kappa shape index (κ3) is 4.65.